The standard InChI is InChI=1S/C17H14N2O2S/c1-21-17(20)13-8-6-12(7-9-13)10-22-16-14-4-2-3-5-15(14)18-11-19-16/h2-9,11H,10H2,1H3. The molecule has 3 aromatic rings. The molecule has 2 aromatic carbocycles. The first-order chi connectivity index (χ1) is 10.8. The summed E-state index contributed by atoms with van der Waals surface area (Å²) in [5.74, 6) is 0.462. The van der Waals surface area contributed by atoms with Gasteiger partial charge in [-0.3, -0.25) is 0 Å². The third-order valence-corrected chi connectivity index (χ3v) is 4.33. The van der Waals surface area contributed by atoms with Crippen molar-refractivity contribution < 1.29 is 9.53 Å². The number of carbonyl (C=O) groups is 1. The van der Waals surface area contributed by atoms with Gasteiger partial charge < -0.3 is 4.74 Å². The topological polar surface area (TPSA) is 52.1 Å². The Balaban J connectivity index is 1.75. The molecule has 4 nitrogen and oxygen atoms in total. The van der Waals surface area contributed by atoms with E-state index >= 15 is 0 Å². The first-order valence-corrected chi connectivity index (χ1v) is 7.76. The minimum atomic E-state index is -0.319. The second-order valence-electron chi connectivity index (χ2n) is 4.67. The second kappa shape index (κ2) is 6.58. The Labute approximate surface area is 132 Å². The van der Waals surface area contributed by atoms with Gasteiger partial charge >= 0.3 is 5.97 Å². The summed E-state index contributed by atoms with van der Waals surface area (Å²) in [5, 5.41) is 2.02. The monoisotopic (exact) mass is 310 g/mol. The summed E-state index contributed by atoms with van der Waals surface area (Å²) in [4.78, 5) is 20.0. The molecule has 0 atom stereocenters. The van der Waals surface area contributed by atoms with Gasteiger partial charge in [0.2, 0.25) is 0 Å². The number of carbonyl (C=O) groups excluding carboxylic acids is 1. The zero-order chi connectivity index (χ0) is 15.4. The number of hydrogen-bond donors (Lipinski definition) is 0. The first kappa shape index (κ1) is 14.5. The molecule has 0 amide bonds. The molecule has 110 valence electrons. The molecule has 0 unspecified atom stereocenters. The minimum Gasteiger partial charge on any atom is -0.465 e. The van der Waals surface area contributed by atoms with Crippen molar-refractivity contribution in [3.63, 3.8) is 0 Å². The number of hydrogen-bond acceptors (Lipinski definition) is 5. The lowest BCUT2D eigenvalue weighted by Gasteiger charge is -2.05. The van der Waals surface area contributed by atoms with Crippen LogP contribution in [0.25, 0.3) is 10.9 Å². The van der Waals surface area contributed by atoms with Crippen LogP contribution in [0.2, 0.25) is 0 Å². The number of para-hydroxylation sites is 1. The van der Waals surface area contributed by atoms with Gasteiger partial charge in [0.1, 0.15) is 11.4 Å². The van der Waals surface area contributed by atoms with E-state index in [2.05, 4.69) is 9.97 Å². The highest BCUT2D eigenvalue weighted by Gasteiger charge is 2.06. The highest BCUT2D eigenvalue weighted by Crippen LogP contribution is 2.27. The molecule has 0 fully saturated rings. The number of fused-ring (bicyclic) bond motifs is 1. The fourth-order valence-electron chi connectivity index (χ4n) is 2.10. The number of benzene rings is 2. The Bertz CT molecular complexity index is 798. The molecule has 0 saturated heterocycles. The average Bonchev–Trinajstić information content (AvgIpc) is 2.59. The van der Waals surface area contributed by atoms with E-state index in [1.165, 1.54) is 7.11 Å². The van der Waals surface area contributed by atoms with Gasteiger partial charge in [-0.25, -0.2) is 14.8 Å². The van der Waals surface area contributed by atoms with E-state index in [0.717, 1.165) is 27.2 Å². The number of aromatic nitrogens is 2. The molecule has 22 heavy (non-hydrogen) atoms. The van der Waals surface area contributed by atoms with Crippen molar-refractivity contribution in [2.24, 2.45) is 0 Å². The maximum absolute atomic E-state index is 11.4. The van der Waals surface area contributed by atoms with Gasteiger partial charge in [-0.1, -0.05) is 30.3 Å². The van der Waals surface area contributed by atoms with Crippen LogP contribution in [-0.4, -0.2) is 23.0 Å². The van der Waals surface area contributed by atoms with Crippen molar-refractivity contribution in [3.05, 3.63) is 66.0 Å². The highest BCUT2D eigenvalue weighted by molar-refractivity contribution is 7.98. The Morgan fingerprint density at radius 2 is 1.86 bits per heavy atom. The molecule has 5 heteroatoms. The van der Waals surface area contributed by atoms with Crippen LogP contribution >= 0.6 is 11.8 Å². The Morgan fingerprint density at radius 1 is 1.09 bits per heavy atom. The fourth-order valence-corrected chi connectivity index (χ4v) is 3.05. The zero-order valence-electron chi connectivity index (χ0n) is 12.0. The van der Waals surface area contributed by atoms with E-state index in [-0.39, 0.29) is 5.97 Å². The highest BCUT2D eigenvalue weighted by atomic mass is 32.2. The summed E-state index contributed by atoms with van der Waals surface area (Å²) in [6.45, 7) is 0. The molecule has 0 bridgehead atoms. The smallest absolute Gasteiger partial charge is 0.337 e. The Morgan fingerprint density at radius 3 is 2.64 bits per heavy atom. The molecule has 0 spiro atoms. The maximum atomic E-state index is 11.4. The molecule has 0 aliphatic heterocycles. The second-order valence-corrected chi connectivity index (χ2v) is 5.64. The third-order valence-electron chi connectivity index (χ3n) is 3.26. The van der Waals surface area contributed by atoms with Gasteiger partial charge in [0, 0.05) is 11.1 Å². The van der Waals surface area contributed by atoms with Crippen LogP contribution < -0.4 is 0 Å². The van der Waals surface area contributed by atoms with E-state index in [4.69, 9.17) is 4.74 Å². The number of thioether (sulfide) groups is 1. The third kappa shape index (κ3) is 3.09. The van der Waals surface area contributed by atoms with Crippen molar-refractivity contribution in [1.29, 1.82) is 0 Å². The van der Waals surface area contributed by atoms with Gasteiger partial charge in [-0.2, -0.15) is 0 Å². The van der Waals surface area contributed by atoms with E-state index in [9.17, 15) is 4.79 Å². The van der Waals surface area contributed by atoms with Crippen molar-refractivity contribution in [3.8, 4) is 0 Å². The van der Waals surface area contributed by atoms with Gasteiger partial charge in [0.05, 0.1) is 18.2 Å². The predicted octanol–water partition coefficient (Wildman–Crippen LogP) is 3.71. The molecule has 3 rings (SSSR count). The van der Waals surface area contributed by atoms with Crippen LogP contribution in [0.15, 0.2) is 59.9 Å². The van der Waals surface area contributed by atoms with Crippen LogP contribution in [0, 0.1) is 0 Å². The van der Waals surface area contributed by atoms with E-state index in [0.29, 0.717) is 5.56 Å². The summed E-state index contributed by atoms with van der Waals surface area (Å²) < 4.78 is 4.69. The number of rotatable bonds is 4. The zero-order valence-corrected chi connectivity index (χ0v) is 12.8. The Kier molecular flexibility index (Phi) is 4.34. The van der Waals surface area contributed by atoms with Crippen LogP contribution in [0.4, 0.5) is 0 Å². The summed E-state index contributed by atoms with van der Waals surface area (Å²) in [6, 6.07) is 15.4. The van der Waals surface area contributed by atoms with Crippen molar-refractivity contribution in [2.75, 3.05) is 7.11 Å². The lowest BCUT2D eigenvalue weighted by atomic mass is 10.1. The van der Waals surface area contributed by atoms with E-state index < -0.39 is 0 Å². The van der Waals surface area contributed by atoms with Gasteiger partial charge in [-0.05, 0) is 23.8 Å². The fraction of sp³-hybridized carbons (Fsp3) is 0.118. The van der Waals surface area contributed by atoms with Gasteiger partial charge in [0.15, 0.2) is 0 Å². The Hall–Kier alpha value is -2.40. The molecule has 0 radical (unpaired) electrons. The molecular weight excluding hydrogens is 296 g/mol. The number of methoxy groups -OCH3 is 1. The number of ether oxygens (including phenoxy) is 1. The molecule has 1 heterocycles. The number of nitrogens with zero attached hydrogens (tertiary/aromatic N) is 2. The van der Waals surface area contributed by atoms with E-state index in [1.54, 1.807) is 30.2 Å². The SMILES string of the molecule is COC(=O)c1ccc(CSc2ncnc3ccccc23)cc1. The summed E-state index contributed by atoms with van der Waals surface area (Å²) in [6.07, 6.45) is 1.59. The molecular formula is C17H14N2O2S. The quantitative estimate of drug-likeness (QED) is 0.418. The maximum Gasteiger partial charge on any atom is 0.337 e. The summed E-state index contributed by atoms with van der Waals surface area (Å²) >= 11 is 1.66. The molecule has 0 aliphatic rings. The van der Waals surface area contributed by atoms with Crippen LogP contribution in [0.1, 0.15) is 15.9 Å². The predicted molar refractivity (Wildman–Crippen MR) is 86.9 cm³/mol. The van der Waals surface area contributed by atoms with Crippen LogP contribution in [0.5, 0.6) is 0 Å². The van der Waals surface area contributed by atoms with Gasteiger partial charge in [0.25, 0.3) is 0 Å². The van der Waals surface area contributed by atoms with E-state index in [1.807, 2.05) is 36.4 Å². The summed E-state index contributed by atoms with van der Waals surface area (Å²) in [5.41, 5.74) is 2.63. The average molecular weight is 310 g/mol. The van der Waals surface area contributed by atoms with Crippen molar-refractivity contribution >= 4 is 28.6 Å². The van der Waals surface area contributed by atoms with Crippen LogP contribution in [0.3, 0.4) is 0 Å². The normalized spacial score (nSPS) is 10.6. The molecule has 0 aliphatic carbocycles. The minimum absolute atomic E-state index is 0.319. The van der Waals surface area contributed by atoms with Crippen LogP contribution in [-0.2, 0) is 10.5 Å². The first-order valence-electron chi connectivity index (χ1n) is 6.78. The molecule has 0 saturated carbocycles. The number of esters is 1. The summed E-state index contributed by atoms with van der Waals surface area (Å²) in [7, 11) is 1.38. The lowest BCUT2D eigenvalue weighted by Crippen LogP contribution is -2.00. The lowest BCUT2D eigenvalue weighted by molar-refractivity contribution is 0.0600. The molecule has 0 N–H and O–H groups in total. The van der Waals surface area contributed by atoms with Gasteiger partial charge in [-0.15, -0.1) is 11.8 Å². The van der Waals surface area contributed by atoms with Crippen molar-refractivity contribution in [2.45, 2.75) is 10.8 Å². The molecule has 1 aromatic heterocycles. The largest absolute Gasteiger partial charge is 0.465 e. The van der Waals surface area contributed by atoms with Crippen molar-refractivity contribution in [1.82, 2.24) is 9.97 Å².